The maximum Gasteiger partial charge on any atom is 0.313 e. The van der Waals surface area contributed by atoms with Gasteiger partial charge >= 0.3 is 5.97 Å². The Labute approximate surface area is 101 Å². The predicted octanol–water partition coefficient (Wildman–Crippen LogP) is 1.16. The fraction of sp³-hybridized carbons (Fsp3) is 0.667. The van der Waals surface area contributed by atoms with Crippen molar-refractivity contribution in [3.8, 4) is 0 Å². The van der Waals surface area contributed by atoms with Crippen LogP contribution in [-0.2, 0) is 16.1 Å². The lowest BCUT2D eigenvalue weighted by molar-refractivity contribution is -0.144. The molecule has 1 heterocycles. The van der Waals surface area contributed by atoms with Gasteiger partial charge in [-0.1, -0.05) is 0 Å². The fourth-order valence-electron chi connectivity index (χ4n) is 2.03. The minimum Gasteiger partial charge on any atom is -0.466 e. The number of esters is 1. The first-order chi connectivity index (χ1) is 8.02. The third-order valence-corrected chi connectivity index (χ3v) is 2.82. The summed E-state index contributed by atoms with van der Waals surface area (Å²) >= 11 is 0. The Morgan fingerprint density at radius 1 is 1.53 bits per heavy atom. The van der Waals surface area contributed by atoms with Crippen LogP contribution in [-0.4, -0.2) is 34.1 Å². The average molecular weight is 240 g/mol. The highest BCUT2D eigenvalue weighted by Crippen LogP contribution is 2.24. The quantitative estimate of drug-likeness (QED) is 0.784. The van der Waals surface area contributed by atoms with E-state index < -0.39 is 0 Å². The van der Waals surface area contributed by atoms with E-state index in [1.165, 1.54) is 0 Å². The number of hydrogen-bond donors (Lipinski definition) is 1. The lowest BCUT2D eigenvalue weighted by atomic mass is 9.99. The minimum absolute atomic E-state index is 0.0369. The Morgan fingerprint density at radius 3 is 2.71 bits per heavy atom. The van der Waals surface area contributed by atoms with E-state index in [1.54, 1.807) is 11.6 Å². The van der Waals surface area contributed by atoms with Crippen molar-refractivity contribution in [1.82, 2.24) is 9.78 Å². The topological polar surface area (TPSA) is 64.3 Å². The van der Waals surface area contributed by atoms with E-state index in [2.05, 4.69) is 5.10 Å². The largest absolute Gasteiger partial charge is 0.466 e. The molecule has 0 saturated heterocycles. The fourth-order valence-corrected chi connectivity index (χ4v) is 2.03. The van der Waals surface area contributed by atoms with Gasteiger partial charge in [0.25, 0.3) is 0 Å². The van der Waals surface area contributed by atoms with Crippen molar-refractivity contribution in [3.05, 3.63) is 17.0 Å². The Bertz CT molecular complexity index is 399. The van der Waals surface area contributed by atoms with Crippen LogP contribution in [0.3, 0.4) is 0 Å². The van der Waals surface area contributed by atoms with Crippen molar-refractivity contribution in [2.75, 3.05) is 13.2 Å². The molecule has 0 fully saturated rings. The van der Waals surface area contributed by atoms with E-state index in [1.807, 2.05) is 20.8 Å². The molecule has 1 rings (SSSR count). The number of aliphatic hydroxyl groups is 1. The molecule has 0 radical (unpaired) electrons. The molecular formula is C12H20N2O3. The molecule has 0 saturated carbocycles. The van der Waals surface area contributed by atoms with Crippen molar-refractivity contribution in [3.63, 3.8) is 0 Å². The normalized spacial score (nSPS) is 12.5. The number of carbonyl (C=O) groups is 1. The number of nitrogens with zero attached hydrogens (tertiary/aromatic N) is 2. The summed E-state index contributed by atoms with van der Waals surface area (Å²) in [6, 6.07) is 0. The maximum atomic E-state index is 11.7. The molecule has 0 aliphatic heterocycles. The number of rotatable bonds is 5. The number of ether oxygens (including phenoxy) is 1. The Kier molecular flexibility index (Phi) is 4.69. The van der Waals surface area contributed by atoms with Crippen LogP contribution < -0.4 is 0 Å². The second kappa shape index (κ2) is 5.82. The van der Waals surface area contributed by atoms with E-state index in [0.29, 0.717) is 13.2 Å². The monoisotopic (exact) mass is 240 g/mol. The molecule has 5 heteroatoms. The van der Waals surface area contributed by atoms with E-state index in [-0.39, 0.29) is 18.5 Å². The SMILES string of the molecule is CCOC(=O)C(C)c1c(C)nn(CCO)c1C. The van der Waals surface area contributed by atoms with Gasteiger partial charge in [0, 0.05) is 11.3 Å². The Hall–Kier alpha value is -1.36. The molecule has 1 unspecified atom stereocenters. The van der Waals surface area contributed by atoms with Gasteiger partial charge < -0.3 is 9.84 Å². The highest BCUT2D eigenvalue weighted by Gasteiger charge is 2.23. The summed E-state index contributed by atoms with van der Waals surface area (Å²) < 4.78 is 6.73. The summed E-state index contributed by atoms with van der Waals surface area (Å²) in [6.07, 6.45) is 0. The highest BCUT2D eigenvalue weighted by molar-refractivity contribution is 5.78. The van der Waals surface area contributed by atoms with Gasteiger partial charge in [0.15, 0.2) is 0 Å². The molecule has 0 aliphatic carbocycles. The second-order valence-electron chi connectivity index (χ2n) is 4.00. The molecule has 1 aromatic rings. The smallest absolute Gasteiger partial charge is 0.313 e. The van der Waals surface area contributed by atoms with Crippen LogP contribution in [0.25, 0.3) is 0 Å². The average Bonchev–Trinajstić information content (AvgIpc) is 2.54. The van der Waals surface area contributed by atoms with Gasteiger partial charge in [-0.25, -0.2) is 0 Å². The summed E-state index contributed by atoms with van der Waals surface area (Å²) in [4.78, 5) is 11.7. The molecule has 96 valence electrons. The first-order valence-electron chi connectivity index (χ1n) is 5.84. The van der Waals surface area contributed by atoms with Crippen molar-refractivity contribution in [2.24, 2.45) is 0 Å². The highest BCUT2D eigenvalue weighted by atomic mass is 16.5. The van der Waals surface area contributed by atoms with Crippen molar-refractivity contribution in [2.45, 2.75) is 40.2 Å². The summed E-state index contributed by atoms with van der Waals surface area (Å²) in [7, 11) is 0. The van der Waals surface area contributed by atoms with E-state index >= 15 is 0 Å². The molecule has 1 atom stereocenters. The summed E-state index contributed by atoms with van der Waals surface area (Å²) in [5.74, 6) is -0.551. The van der Waals surface area contributed by atoms with Gasteiger partial charge in [-0.15, -0.1) is 0 Å². The third-order valence-electron chi connectivity index (χ3n) is 2.82. The maximum absolute atomic E-state index is 11.7. The molecule has 0 aromatic carbocycles. The molecule has 17 heavy (non-hydrogen) atoms. The molecule has 1 N–H and O–H groups in total. The van der Waals surface area contributed by atoms with Crippen LogP contribution in [0.1, 0.15) is 36.7 Å². The Balaban J connectivity index is 3.00. The van der Waals surface area contributed by atoms with Crippen LogP contribution in [0.4, 0.5) is 0 Å². The predicted molar refractivity (Wildman–Crippen MR) is 63.8 cm³/mol. The third kappa shape index (κ3) is 2.85. The Morgan fingerprint density at radius 2 is 2.18 bits per heavy atom. The van der Waals surface area contributed by atoms with E-state index in [0.717, 1.165) is 17.0 Å². The van der Waals surface area contributed by atoms with Crippen LogP contribution in [0.5, 0.6) is 0 Å². The molecule has 1 aromatic heterocycles. The number of aryl methyl sites for hydroxylation is 1. The number of aromatic nitrogens is 2. The van der Waals surface area contributed by atoms with Crippen molar-refractivity contribution < 1.29 is 14.6 Å². The van der Waals surface area contributed by atoms with Crippen LogP contribution >= 0.6 is 0 Å². The zero-order chi connectivity index (χ0) is 13.0. The zero-order valence-electron chi connectivity index (χ0n) is 10.9. The van der Waals surface area contributed by atoms with Crippen LogP contribution in [0.15, 0.2) is 0 Å². The number of aliphatic hydroxyl groups excluding tert-OH is 1. The zero-order valence-corrected chi connectivity index (χ0v) is 10.9. The van der Waals surface area contributed by atoms with Gasteiger partial charge in [-0.2, -0.15) is 5.10 Å². The summed E-state index contributed by atoms with van der Waals surface area (Å²) in [5.41, 5.74) is 2.63. The minimum atomic E-state index is -0.317. The molecule has 0 amide bonds. The summed E-state index contributed by atoms with van der Waals surface area (Å²) in [6.45, 7) is 8.24. The lowest BCUT2D eigenvalue weighted by Crippen LogP contribution is -2.14. The molecule has 0 aliphatic rings. The second-order valence-corrected chi connectivity index (χ2v) is 4.00. The number of hydrogen-bond acceptors (Lipinski definition) is 4. The first-order valence-corrected chi connectivity index (χ1v) is 5.84. The summed E-state index contributed by atoms with van der Waals surface area (Å²) in [5, 5.41) is 13.2. The van der Waals surface area contributed by atoms with Gasteiger partial charge in [0.05, 0.1) is 31.4 Å². The van der Waals surface area contributed by atoms with Crippen LogP contribution in [0, 0.1) is 13.8 Å². The standard InChI is InChI=1S/C12H20N2O3/c1-5-17-12(16)8(2)11-9(3)13-14(6-7-15)10(11)4/h8,15H,5-7H2,1-4H3. The van der Waals surface area contributed by atoms with E-state index in [9.17, 15) is 4.79 Å². The van der Waals surface area contributed by atoms with E-state index in [4.69, 9.17) is 9.84 Å². The first kappa shape index (κ1) is 13.7. The molecule has 5 nitrogen and oxygen atoms in total. The van der Waals surface area contributed by atoms with Gasteiger partial charge in [-0.05, 0) is 27.7 Å². The van der Waals surface area contributed by atoms with Crippen molar-refractivity contribution >= 4 is 5.97 Å². The van der Waals surface area contributed by atoms with Crippen LogP contribution in [0.2, 0.25) is 0 Å². The lowest BCUT2D eigenvalue weighted by Gasteiger charge is -2.11. The van der Waals surface area contributed by atoms with Gasteiger partial charge in [-0.3, -0.25) is 9.48 Å². The van der Waals surface area contributed by atoms with Gasteiger partial charge in [0.2, 0.25) is 0 Å². The molecular weight excluding hydrogens is 220 g/mol. The molecule has 0 bridgehead atoms. The van der Waals surface area contributed by atoms with Gasteiger partial charge in [0.1, 0.15) is 0 Å². The molecule has 0 spiro atoms. The van der Waals surface area contributed by atoms with Crippen molar-refractivity contribution in [1.29, 1.82) is 0 Å². The number of carbonyl (C=O) groups excluding carboxylic acids is 1.